The van der Waals surface area contributed by atoms with Crippen molar-refractivity contribution < 1.29 is 9.47 Å². The highest BCUT2D eigenvalue weighted by Crippen LogP contribution is 2.32. The van der Waals surface area contributed by atoms with Crippen molar-refractivity contribution in [2.24, 2.45) is 0 Å². The summed E-state index contributed by atoms with van der Waals surface area (Å²) in [5, 5.41) is 5.57. The number of hydrogen-bond donors (Lipinski definition) is 0. The standard InChI is InChI=1S/C15H13BrN2O2/c1-19-14-7-10-9-18(12-5-3-11(16)4-6-12)17-13(10)8-15(14)20-2/h3-9H,1-2H3. The Hall–Kier alpha value is -2.01. The number of halogens is 1. The minimum atomic E-state index is 0.682. The van der Waals surface area contributed by atoms with E-state index in [1.165, 1.54) is 0 Å². The maximum absolute atomic E-state index is 5.31. The van der Waals surface area contributed by atoms with Crippen LogP contribution in [0.1, 0.15) is 0 Å². The van der Waals surface area contributed by atoms with Crippen LogP contribution in [0.2, 0.25) is 0 Å². The van der Waals surface area contributed by atoms with Gasteiger partial charge in [-0.15, -0.1) is 0 Å². The largest absolute Gasteiger partial charge is 0.493 e. The van der Waals surface area contributed by atoms with Crippen molar-refractivity contribution in [3.8, 4) is 17.2 Å². The molecule has 0 saturated heterocycles. The smallest absolute Gasteiger partial charge is 0.162 e. The lowest BCUT2D eigenvalue weighted by Crippen LogP contribution is -1.93. The molecular weight excluding hydrogens is 320 g/mol. The summed E-state index contributed by atoms with van der Waals surface area (Å²) < 4.78 is 13.5. The summed E-state index contributed by atoms with van der Waals surface area (Å²) in [5.74, 6) is 1.39. The van der Waals surface area contributed by atoms with E-state index in [9.17, 15) is 0 Å². The third-order valence-electron chi connectivity index (χ3n) is 3.10. The van der Waals surface area contributed by atoms with Crippen LogP contribution in [-0.2, 0) is 0 Å². The Morgan fingerprint density at radius 2 is 1.65 bits per heavy atom. The van der Waals surface area contributed by atoms with Gasteiger partial charge in [0, 0.05) is 22.1 Å². The normalized spacial score (nSPS) is 10.8. The molecule has 0 N–H and O–H groups in total. The van der Waals surface area contributed by atoms with Crippen LogP contribution >= 0.6 is 15.9 Å². The van der Waals surface area contributed by atoms with Crippen molar-refractivity contribution in [1.29, 1.82) is 0 Å². The Balaban J connectivity index is 2.12. The molecular formula is C15H13BrN2O2. The number of aromatic nitrogens is 2. The molecule has 0 unspecified atom stereocenters. The van der Waals surface area contributed by atoms with E-state index in [0.29, 0.717) is 11.5 Å². The monoisotopic (exact) mass is 332 g/mol. The van der Waals surface area contributed by atoms with Gasteiger partial charge < -0.3 is 9.47 Å². The zero-order chi connectivity index (χ0) is 14.1. The van der Waals surface area contributed by atoms with Crippen LogP contribution in [0.5, 0.6) is 11.5 Å². The lowest BCUT2D eigenvalue weighted by molar-refractivity contribution is 0.356. The van der Waals surface area contributed by atoms with Gasteiger partial charge >= 0.3 is 0 Å². The molecule has 3 aromatic rings. The Labute approximate surface area is 125 Å². The van der Waals surface area contributed by atoms with Crippen LogP contribution in [0, 0.1) is 0 Å². The summed E-state index contributed by atoms with van der Waals surface area (Å²) >= 11 is 3.43. The van der Waals surface area contributed by atoms with Gasteiger partial charge in [-0.05, 0) is 30.3 Å². The van der Waals surface area contributed by atoms with E-state index in [1.54, 1.807) is 14.2 Å². The van der Waals surface area contributed by atoms with Crippen molar-refractivity contribution in [1.82, 2.24) is 9.78 Å². The minimum Gasteiger partial charge on any atom is -0.493 e. The first-order valence-corrected chi connectivity index (χ1v) is 6.88. The maximum Gasteiger partial charge on any atom is 0.162 e. The summed E-state index contributed by atoms with van der Waals surface area (Å²) in [6.45, 7) is 0. The van der Waals surface area contributed by atoms with Crippen LogP contribution in [0.25, 0.3) is 16.6 Å². The quantitative estimate of drug-likeness (QED) is 0.731. The molecule has 0 amide bonds. The summed E-state index contributed by atoms with van der Waals surface area (Å²) in [5.41, 5.74) is 1.87. The zero-order valence-corrected chi connectivity index (χ0v) is 12.7. The molecule has 0 aliphatic rings. The topological polar surface area (TPSA) is 36.3 Å². The number of hydrogen-bond acceptors (Lipinski definition) is 3. The number of fused-ring (bicyclic) bond motifs is 1. The second kappa shape index (κ2) is 5.17. The molecule has 4 nitrogen and oxygen atoms in total. The van der Waals surface area contributed by atoms with Crippen molar-refractivity contribution in [2.75, 3.05) is 14.2 Å². The molecule has 0 radical (unpaired) electrons. The molecule has 0 spiro atoms. The average molecular weight is 333 g/mol. The second-order valence-corrected chi connectivity index (χ2v) is 5.23. The highest BCUT2D eigenvalue weighted by atomic mass is 79.9. The fourth-order valence-corrected chi connectivity index (χ4v) is 2.34. The molecule has 0 atom stereocenters. The lowest BCUT2D eigenvalue weighted by atomic mass is 10.2. The molecule has 20 heavy (non-hydrogen) atoms. The van der Waals surface area contributed by atoms with Crippen molar-refractivity contribution in [2.45, 2.75) is 0 Å². The second-order valence-electron chi connectivity index (χ2n) is 4.32. The Bertz CT molecular complexity index is 709. The minimum absolute atomic E-state index is 0.682. The first kappa shape index (κ1) is 13.0. The molecule has 0 aliphatic heterocycles. The molecule has 5 heteroatoms. The predicted octanol–water partition coefficient (Wildman–Crippen LogP) is 3.81. The highest BCUT2D eigenvalue weighted by molar-refractivity contribution is 9.10. The Morgan fingerprint density at radius 3 is 2.30 bits per heavy atom. The van der Waals surface area contributed by atoms with Gasteiger partial charge in [0.25, 0.3) is 0 Å². The average Bonchev–Trinajstić information content (AvgIpc) is 2.89. The molecule has 1 aromatic heterocycles. The van der Waals surface area contributed by atoms with Gasteiger partial charge in [-0.1, -0.05) is 15.9 Å². The number of methoxy groups -OCH3 is 2. The van der Waals surface area contributed by atoms with Gasteiger partial charge in [-0.25, -0.2) is 4.68 Å². The summed E-state index contributed by atoms with van der Waals surface area (Å²) in [6.07, 6.45) is 1.97. The molecule has 0 saturated carbocycles. The zero-order valence-electron chi connectivity index (χ0n) is 11.1. The number of ether oxygens (including phenoxy) is 2. The van der Waals surface area contributed by atoms with E-state index in [2.05, 4.69) is 21.0 Å². The van der Waals surface area contributed by atoms with Gasteiger partial charge in [0.2, 0.25) is 0 Å². The lowest BCUT2D eigenvalue weighted by Gasteiger charge is -2.05. The van der Waals surface area contributed by atoms with E-state index in [0.717, 1.165) is 21.1 Å². The van der Waals surface area contributed by atoms with Crippen molar-refractivity contribution in [3.05, 3.63) is 47.1 Å². The van der Waals surface area contributed by atoms with Gasteiger partial charge in [0.05, 0.1) is 25.4 Å². The molecule has 0 fully saturated rings. The van der Waals surface area contributed by atoms with Gasteiger partial charge in [-0.3, -0.25) is 0 Å². The highest BCUT2D eigenvalue weighted by Gasteiger charge is 2.09. The van der Waals surface area contributed by atoms with Crippen LogP contribution in [0.4, 0.5) is 0 Å². The van der Waals surface area contributed by atoms with E-state index >= 15 is 0 Å². The number of rotatable bonds is 3. The number of benzene rings is 2. The summed E-state index contributed by atoms with van der Waals surface area (Å²) in [7, 11) is 3.25. The predicted molar refractivity (Wildman–Crippen MR) is 81.9 cm³/mol. The molecule has 0 aliphatic carbocycles. The Kier molecular flexibility index (Phi) is 3.36. The van der Waals surface area contributed by atoms with E-state index in [4.69, 9.17) is 9.47 Å². The fourth-order valence-electron chi connectivity index (χ4n) is 2.08. The molecule has 0 bridgehead atoms. The van der Waals surface area contributed by atoms with Crippen molar-refractivity contribution >= 4 is 26.8 Å². The summed E-state index contributed by atoms with van der Waals surface area (Å²) in [4.78, 5) is 0. The van der Waals surface area contributed by atoms with Crippen LogP contribution in [0.15, 0.2) is 47.1 Å². The molecule has 2 aromatic carbocycles. The SMILES string of the molecule is COc1cc2cn(-c3ccc(Br)cc3)nc2cc1OC. The third-order valence-corrected chi connectivity index (χ3v) is 3.63. The fraction of sp³-hybridized carbons (Fsp3) is 0.133. The molecule has 102 valence electrons. The van der Waals surface area contributed by atoms with Crippen molar-refractivity contribution in [3.63, 3.8) is 0 Å². The first-order valence-electron chi connectivity index (χ1n) is 6.08. The van der Waals surface area contributed by atoms with E-state index < -0.39 is 0 Å². The third kappa shape index (κ3) is 2.25. The van der Waals surface area contributed by atoms with Gasteiger partial charge in [-0.2, -0.15) is 5.10 Å². The molecule has 1 heterocycles. The first-order chi connectivity index (χ1) is 9.71. The van der Waals surface area contributed by atoms with E-state index in [1.807, 2.05) is 47.3 Å². The van der Waals surface area contributed by atoms with Crippen LogP contribution in [-0.4, -0.2) is 24.0 Å². The molecule has 3 rings (SSSR count). The van der Waals surface area contributed by atoms with Crippen LogP contribution < -0.4 is 9.47 Å². The van der Waals surface area contributed by atoms with Gasteiger partial charge in [0.1, 0.15) is 0 Å². The Morgan fingerprint density at radius 1 is 1.00 bits per heavy atom. The number of nitrogens with zero attached hydrogens (tertiary/aromatic N) is 2. The maximum atomic E-state index is 5.31. The van der Waals surface area contributed by atoms with Gasteiger partial charge in [0.15, 0.2) is 11.5 Å². The summed E-state index contributed by atoms with van der Waals surface area (Å²) in [6, 6.07) is 11.8. The van der Waals surface area contributed by atoms with Crippen LogP contribution in [0.3, 0.4) is 0 Å². The van der Waals surface area contributed by atoms with E-state index in [-0.39, 0.29) is 0 Å².